The Kier molecular flexibility index (Phi) is 3.84. The van der Waals surface area contributed by atoms with Crippen LogP contribution in [0, 0.1) is 5.82 Å². The van der Waals surface area contributed by atoms with Gasteiger partial charge in [-0.05, 0) is 32.0 Å². The molecular weight excluding hydrogens is 219 g/mol. The van der Waals surface area contributed by atoms with Gasteiger partial charge in [-0.2, -0.15) is 0 Å². The zero-order chi connectivity index (χ0) is 12.3. The molecule has 1 fully saturated rings. The molecular formula is C13H19FN2O. The Morgan fingerprint density at radius 3 is 3.00 bits per heavy atom. The zero-order valence-electron chi connectivity index (χ0n) is 10.4. The number of rotatable bonds is 3. The lowest BCUT2D eigenvalue weighted by Gasteiger charge is -2.34. The van der Waals surface area contributed by atoms with E-state index in [0.717, 1.165) is 25.2 Å². The van der Waals surface area contributed by atoms with Crippen molar-refractivity contribution in [1.29, 1.82) is 0 Å². The van der Waals surface area contributed by atoms with E-state index in [2.05, 4.69) is 10.2 Å². The van der Waals surface area contributed by atoms with Gasteiger partial charge in [0.1, 0.15) is 0 Å². The first-order chi connectivity index (χ1) is 8.24. The van der Waals surface area contributed by atoms with Crippen LogP contribution in [0.15, 0.2) is 18.2 Å². The molecule has 1 heterocycles. The van der Waals surface area contributed by atoms with Crippen LogP contribution in [-0.2, 0) is 0 Å². The highest BCUT2D eigenvalue weighted by Crippen LogP contribution is 2.26. The van der Waals surface area contributed by atoms with E-state index in [4.69, 9.17) is 4.74 Å². The number of piperidine rings is 1. The van der Waals surface area contributed by atoms with Crippen LogP contribution >= 0.6 is 0 Å². The summed E-state index contributed by atoms with van der Waals surface area (Å²) in [6, 6.07) is 5.57. The highest BCUT2D eigenvalue weighted by molar-refractivity contribution is 5.51. The molecule has 0 aliphatic carbocycles. The first-order valence-electron chi connectivity index (χ1n) is 6.00. The van der Waals surface area contributed by atoms with Crippen molar-refractivity contribution in [2.24, 2.45) is 0 Å². The first-order valence-corrected chi connectivity index (χ1v) is 6.00. The summed E-state index contributed by atoms with van der Waals surface area (Å²) in [5.74, 6) is 0.00695. The molecule has 1 aliphatic heterocycles. The quantitative estimate of drug-likeness (QED) is 0.872. The number of nitrogens with one attached hydrogen (secondary N) is 1. The van der Waals surface area contributed by atoms with Gasteiger partial charge in [-0.3, -0.25) is 0 Å². The average molecular weight is 238 g/mol. The van der Waals surface area contributed by atoms with Crippen molar-refractivity contribution in [2.75, 3.05) is 32.1 Å². The highest BCUT2D eigenvalue weighted by atomic mass is 19.1. The van der Waals surface area contributed by atoms with Gasteiger partial charge < -0.3 is 15.0 Å². The average Bonchev–Trinajstić information content (AvgIpc) is 2.39. The van der Waals surface area contributed by atoms with E-state index in [0.29, 0.717) is 11.8 Å². The molecule has 2 rings (SSSR count). The Labute approximate surface area is 102 Å². The van der Waals surface area contributed by atoms with Gasteiger partial charge in [-0.25, -0.2) is 4.39 Å². The number of halogens is 1. The largest absolute Gasteiger partial charge is 0.494 e. The molecule has 1 atom stereocenters. The second-order valence-corrected chi connectivity index (χ2v) is 4.39. The Morgan fingerprint density at radius 2 is 2.29 bits per heavy atom. The standard InChI is InChI=1S/C13H19FN2O/c1-15-10-4-3-7-16(9-10)11-5-6-12(14)13(8-11)17-2/h5-6,8,10,15H,3-4,7,9H2,1-2H3. The molecule has 1 aromatic carbocycles. The van der Waals surface area contributed by atoms with Gasteiger partial charge >= 0.3 is 0 Å². The van der Waals surface area contributed by atoms with E-state index < -0.39 is 0 Å². The number of methoxy groups -OCH3 is 1. The SMILES string of the molecule is CNC1CCCN(c2ccc(F)c(OC)c2)C1. The van der Waals surface area contributed by atoms with Gasteiger partial charge in [0.2, 0.25) is 0 Å². The molecule has 0 radical (unpaired) electrons. The minimum atomic E-state index is -0.307. The Morgan fingerprint density at radius 1 is 1.47 bits per heavy atom. The molecule has 17 heavy (non-hydrogen) atoms. The predicted molar refractivity (Wildman–Crippen MR) is 67.2 cm³/mol. The molecule has 1 saturated heterocycles. The lowest BCUT2D eigenvalue weighted by molar-refractivity contribution is 0.386. The molecule has 4 heteroatoms. The smallest absolute Gasteiger partial charge is 0.165 e. The van der Waals surface area contributed by atoms with Crippen molar-refractivity contribution in [2.45, 2.75) is 18.9 Å². The molecule has 94 valence electrons. The fourth-order valence-corrected chi connectivity index (χ4v) is 2.29. The third kappa shape index (κ3) is 2.69. The minimum Gasteiger partial charge on any atom is -0.494 e. The Balaban J connectivity index is 2.16. The van der Waals surface area contributed by atoms with E-state index in [1.165, 1.54) is 19.6 Å². The van der Waals surface area contributed by atoms with Crippen molar-refractivity contribution in [3.05, 3.63) is 24.0 Å². The molecule has 1 N–H and O–H groups in total. The summed E-state index contributed by atoms with van der Waals surface area (Å²) >= 11 is 0. The molecule has 0 bridgehead atoms. The lowest BCUT2D eigenvalue weighted by Crippen LogP contribution is -2.44. The van der Waals surface area contributed by atoms with Gasteiger partial charge in [0, 0.05) is 30.9 Å². The van der Waals surface area contributed by atoms with E-state index in [1.807, 2.05) is 13.1 Å². The van der Waals surface area contributed by atoms with Gasteiger partial charge in [0.05, 0.1) is 7.11 Å². The predicted octanol–water partition coefficient (Wildman–Crippen LogP) is 2.02. The summed E-state index contributed by atoms with van der Waals surface area (Å²) in [5, 5.41) is 3.30. The number of likely N-dealkylation sites (N-methyl/N-ethyl adjacent to an activating group) is 1. The molecule has 3 nitrogen and oxygen atoms in total. The highest BCUT2D eigenvalue weighted by Gasteiger charge is 2.19. The summed E-state index contributed by atoms with van der Waals surface area (Å²) in [6.07, 6.45) is 2.36. The van der Waals surface area contributed by atoms with Crippen LogP contribution in [0.2, 0.25) is 0 Å². The third-order valence-corrected chi connectivity index (χ3v) is 3.33. The summed E-state index contributed by atoms with van der Waals surface area (Å²) in [5.41, 5.74) is 1.03. The van der Waals surface area contributed by atoms with Crippen molar-refractivity contribution in [3.63, 3.8) is 0 Å². The monoisotopic (exact) mass is 238 g/mol. The van der Waals surface area contributed by atoms with E-state index in [9.17, 15) is 4.39 Å². The van der Waals surface area contributed by atoms with Crippen LogP contribution in [0.3, 0.4) is 0 Å². The fraction of sp³-hybridized carbons (Fsp3) is 0.538. The number of nitrogens with zero attached hydrogens (tertiary/aromatic N) is 1. The summed E-state index contributed by atoms with van der Waals surface area (Å²) in [4.78, 5) is 2.27. The van der Waals surface area contributed by atoms with Crippen LogP contribution in [0.25, 0.3) is 0 Å². The number of benzene rings is 1. The van der Waals surface area contributed by atoms with Crippen LogP contribution in [-0.4, -0.2) is 33.3 Å². The molecule has 1 unspecified atom stereocenters. The van der Waals surface area contributed by atoms with Crippen molar-refractivity contribution >= 4 is 5.69 Å². The molecule has 0 aromatic heterocycles. The summed E-state index contributed by atoms with van der Waals surface area (Å²) < 4.78 is 18.3. The summed E-state index contributed by atoms with van der Waals surface area (Å²) in [6.45, 7) is 1.98. The van der Waals surface area contributed by atoms with Gasteiger partial charge in [-0.15, -0.1) is 0 Å². The first kappa shape index (κ1) is 12.2. The maximum atomic E-state index is 13.3. The molecule has 1 aliphatic rings. The van der Waals surface area contributed by atoms with Crippen LogP contribution < -0.4 is 15.0 Å². The van der Waals surface area contributed by atoms with Gasteiger partial charge in [0.25, 0.3) is 0 Å². The van der Waals surface area contributed by atoms with E-state index in [1.54, 1.807) is 6.07 Å². The number of anilines is 1. The number of hydrogen-bond acceptors (Lipinski definition) is 3. The number of hydrogen-bond donors (Lipinski definition) is 1. The summed E-state index contributed by atoms with van der Waals surface area (Å²) in [7, 11) is 3.48. The van der Waals surface area contributed by atoms with Gasteiger partial charge in [0.15, 0.2) is 11.6 Å². The van der Waals surface area contributed by atoms with Crippen molar-refractivity contribution in [1.82, 2.24) is 5.32 Å². The van der Waals surface area contributed by atoms with Crippen LogP contribution in [0.4, 0.5) is 10.1 Å². The maximum Gasteiger partial charge on any atom is 0.165 e. The van der Waals surface area contributed by atoms with E-state index in [-0.39, 0.29) is 5.82 Å². The Hall–Kier alpha value is -1.29. The lowest BCUT2D eigenvalue weighted by atomic mass is 10.1. The normalized spacial score (nSPS) is 20.4. The van der Waals surface area contributed by atoms with Gasteiger partial charge in [-0.1, -0.05) is 0 Å². The number of ether oxygens (including phenoxy) is 1. The molecule has 0 amide bonds. The molecule has 0 saturated carbocycles. The van der Waals surface area contributed by atoms with Crippen LogP contribution in [0.1, 0.15) is 12.8 Å². The zero-order valence-corrected chi connectivity index (χ0v) is 10.4. The maximum absolute atomic E-state index is 13.3. The van der Waals surface area contributed by atoms with E-state index >= 15 is 0 Å². The Bertz CT molecular complexity index is 384. The second kappa shape index (κ2) is 5.36. The van der Waals surface area contributed by atoms with Crippen LogP contribution in [0.5, 0.6) is 5.75 Å². The topological polar surface area (TPSA) is 24.5 Å². The molecule has 1 aromatic rings. The second-order valence-electron chi connectivity index (χ2n) is 4.39. The van der Waals surface area contributed by atoms with Crippen molar-refractivity contribution in [3.8, 4) is 5.75 Å². The molecule has 0 spiro atoms. The van der Waals surface area contributed by atoms with Crippen molar-refractivity contribution < 1.29 is 9.13 Å². The minimum absolute atomic E-state index is 0.307. The fourth-order valence-electron chi connectivity index (χ4n) is 2.29. The third-order valence-electron chi connectivity index (χ3n) is 3.33.